The molecule has 0 saturated carbocycles. The van der Waals surface area contributed by atoms with E-state index in [1.54, 1.807) is 33.8 Å². The summed E-state index contributed by atoms with van der Waals surface area (Å²) in [4.78, 5) is 24.4. The number of nitrogens with zero attached hydrogens (tertiary/aromatic N) is 1. The van der Waals surface area contributed by atoms with Gasteiger partial charge < -0.3 is 14.5 Å². The van der Waals surface area contributed by atoms with Gasteiger partial charge in [-0.05, 0) is 37.6 Å². The molecule has 1 amide bonds. The van der Waals surface area contributed by atoms with Crippen LogP contribution in [0.5, 0.6) is 0 Å². The molecule has 0 radical (unpaired) electrons. The zero-order valence-electron chi connectivity index (χ0n) is 17.2. The summed E-state index contributed by atoms with van der Waals surface area (Å²) in [7, 11) is -2.40. The Labute approximate surface area is 170 Å². The first-order valence-corrected chi connectivity index (χ1v) is 10.7. The Kier molecular flexibility index (Phi) is 7.21. The summed E-state index contributed by atoms with van der Waals surface area (Å²) in [5, 5.41) is 2.70. The quantitative estimate of drug-likeness (QED) is 0.656. The lowest BCUT2D eigenvalue weighted by molar-refractivity contribution is 0.0598. The van der Waals surface area contributed by atoms with Gasteiger partial charge in [-0.1, -0.05) is 19.9 Å². The fourth-order valence-electron chi connectivity index (χ4n) is 2.92. The molecule has 0 unspecified atom stereocenters. The van der Waals surface area contributed by atoms with Crippen LogP contribution in [0.25, 0.3) is 0 Å². The minimum atomic E-state index is -3.67. The zero-order valence-corrected chi connectivity index (χ0v) is 18.1. The van der Waals surface area contributed by atoms with E-state index in [0.29, 0.717) is 35.7 Å². The van der Waals surface area contributed by atoms with E-state index in [1.807, 2.05) is 0 Å². The maximum atomic E-state index is 12.7. The second-order valence-corrected chi connectivity index (χ2v) is 8.36. The molecule has 1 heterocycles. The molecule has 0 fully saturated rings. The molecular formula is C20H26N2O6S. The molecule has 1 aromatic carbocycles. The number of nitrogens with one attached hydrogen (secondary N) is 1. The lowest BCUT2D eigenvalue weighted by atomic mass is 10.1. The smallest absolute Gasteiger partial charge is 0.341 e. The monoisotopic (exact) mass is 422 g/mol. The number of carbonyl (C=O) groups is 2. The van der Waals surface area contributed by atoms with E-state index in [0.717, 1.165) is 0 Å². The van der Waals surface area contributed by atoms with E-state index >= 15 is 0 Å². The SMILES string of the molecule is CCN(CC)S(=O)(=O)c1ccc(C)c(C(=O)NCc2cc(C(=O)OC)c(C)o2)c1. The average molecular weight is 423 g/mol. The van der Waals surface area contributed by atoms with Crippen molar-refractivity contribution in [2.75, 3.05) is 20.2 Å². The third-order valence-electron chi connectivity index (χ3n) is 4.59. The van der Waals surface area contributed by atoms with E-state index in [4.69, 9.17) is 4.42 Å². The summed E-state index contributed by atoms with van der Waals surface area (Å²) in [5.41, 5.74) is 1.20. The van der Waals surface area contributed by atoms with Gasteiger partial charge in [-0.2, -0.15) is 4.31 Å². The van der Waals surface area contributed by atoms with E-state index in [1.165, 1.54) is 29.6 Å². The lowest BCUT2D eigenvalue weighted by Gasteiger charge is -2.19. The maximum Gasteiger partial charge on any atom is 0.341 e. The third kappa shape index (κ3) is 4.86. The number of amides is 1. The van der Waals surface area contributed by atoms with Crippen molar-refractivity contribution in [1.82, 2.24) is 9.62 Å². The van der Waals surface area contributed by atoms with Gasteiger partial charge in [0.15, 0.2) is 0 Å². The van der Waals surface area contributed by atoms with Crippen molar-refractivity contribution in [2.45, 2.75) is 39.1 Å². The Bertz CT molecular complexity index is 1010. The van der Waals surface area contributed by atoms with Crippen LogP contribution < -0.4 is 5.32 Å². The number of hydrogen-bond acceptors (Lipinski definition) is 6. The van der Waals surface area contributed by atoms with Crippen molar-refractivity contribution in [3.8, 4) is 0 Å². The Morgan fingerprint density at radius 2 is 1.76 bits per heavy atom. The van der Waals surface area contributed by atoms with Gasteiger partial charge in [0.2, 0.25) is 10.0 Å². The Balaban J connectivity index is 2.22. The molecule has 2 aromatic rings. The van der Waals surface area contributed by atoms with E-state index in [9.17, 15) is 18.0 Å². The maximum absolute atomic E-state index is 12.7. The van der Waals surface area contributed by atoms with Crippen molar-refractivity contribution < 1.29 is 27.2 Å². The first-order chi connectivity index (χ1) is 13.6. The van der Waals surface area contributed by atoms with Crippen LogP contribution in [0.15, 0.2) is 33.6 Å². The summed E-state index contributed by atoms with van der Waals surface area (Å²) in [6.45, 7) is 7.61. The van der Waals surface area contributed by atoms with Crippen LogP contribution in [-0.4, -0.2) is 44.8 Å². The number of rotatable bonds is 8. The number of ether oxygens (including phenoxy) is 1. The van der Waals surface area contributed by atoms with Crippen molar-refractivity contribution in [3.05, 3.63) is 52.5 Å². The van der Waals surface area contributed by atoms with Gasteiger partial charge in [-0.25, -0.2) is 13.2 Å². The molecule has 8 nitrogen and oxygen atoms in total. The molecule has 0 aliphatic carbocycles. The fourth-order valence-corrected chi connectivity index (χ4v) is 4.41. The van der Waals surface area contributed by atoms with Gasteiger partial charge in [0.1, 0.15) is 17.1 Å². The highest BCUT2D eigenvalue weighted by Crippen LogP contribution is 2.20. The van der Waals surface area contributed by atoms with Gasteiger partial charge >= 0.3 is 5.97 Å². The molecule has 0 spiro atoms. The molecule has 1 aromatic heterocycles. The summed E-state index contributed by atoms with van der Waals surface area (Å²) >= 11 is 0. The number of hydrogen-bond donors (Lipinski definition) is 1. The predicted octanol–water partition coefficient (Wildman–Crippen LogP) is 2.64. The highest BCUT2D eigenvalue weighted by molar-refractivity contribution is 7.89. The molecule has 9 heteroatoms. The zero-order chi connectivity index (χ0) is 21.8. The summed E-state index contributed by atoms with van der Waals surface area (Å²) in [6, 6.07) is 6.00. The molecule has 0 atom stereocenters. The highest BCUT2D eigenvalue weighted by Gasteiger charge is 2.23. The van der Waals surface area contributed by atoms with Crippen LogP contribution in [0.4, 0.5) is 0 Å². The Hall–Kier alpha value is -2.65. The third-order valence-corrected chi connectivity index (χ3v) is 6.64. The van der Waals surface area contributed by atoms with Crippen LogP contribution >= 0.6 is 0 Å². The van der Waals surface area contributed by atoms with Crippen molar-refractivity contribution >= 4 is 21.9 Å². The van der Waals surface area contributed by atoms with Crippen LogP contribution in [0, 0.1) is 13.8 Å². The van der Waals surface area contributed by atoms with Crippen LogP contribution in [0.1, 0.15) is 51.6 Å². The molecule has 2 rings (SSSR count). The second-order valence-electron chi connectivity index (χ2n) is 6.42. The van der Waals surface area contributed by atoms with E-state index in [2.05, 4.69) is 10.1 Å². The average Bonchev–Trinajstić information content (AvgIpc) is 3.07. The first-order valence-electron chi connectivity index (χ1n) is 9.22. The van der Waals surface area contributed by atoms with Crippen molar-refractivity contribution in [3.63, 3.8) is 0 Å². The first kappa shape index (κ1) is 22.6. The normalized spacial score (nSPS) is 11.5. The Morgan fingerprint density at radius 1 is 1.10 bits per heavy atom. The molecule has 0 saturated heterocycles. The number of esters is 1. The van der Waals surface area contributed by atoms with Crippen molar-refractivity contribution in [1.29, 1.82) is 0 Å². The number of sulfonamides is 1. The molecule has 29 heavy (non-hydrogen) atoms. The van der Waals surface area contributed by atoms with Gasteiger partial charge in [0.05, 0.1) is 18.6 Å². The van der Waals surface area contributed by atoms with Crippen LogP contribution in [0.2, 0.25) is 0 Å². The summed E-state index contributed by atoms with van der Waals surface area (Å²) in [6.07, 6.45) is 0. The summed E-state index contributed by atoms with van der Waals surface area (Å²) in [5.74, 6) is -0.174. The van der Waals surface area contributed by atoms with Crippen molar-refractivity contribution in [2.24, 2.45) is 0 Å². The van der Waals surface area contributed by atoms with Crippen LogP contribution in [0.3, 0.4) is 0 Å². The lowest BCUT2D eigenvalue weighted by Crippen LogP contribution is -2.31. The minimum Gasteiger partial charge on any atom is -0.465 e. The predicted molar refractivity (Wildman–Crippen MR) is 107 cm³/mol. The standard InChI is InChI=1S/C20H26N2O6S/c1-6-22(7-2)29(25,26)16-9-8-13(3)17(11-16)19(23)21-12-15-10-18(14(4)28-15)20(24)27-5/h8-11H,6-7,12H2,1-5H3,(H,21,23). The number of methoxy groups -OCH3 is 1. The Morgan fingerprint density at radius 3 is 2.34 bits per heavy atom. The van der Waals surface area contributed by atoms with Gasteiger partial charge in [-0.3, -0.25) is 4.79 Å². The second kappa shape index (κ2) is 9.23. The molecule has 0 aliphatic rings. The van der Waals surface area contributed by atoms with Crippen LogP contribution in [-0.2, 0) is 21.3 Å². The van der Waals surface area contributed by atoms with Gasteiger partial charge in [0, 0.05) is 18.7 Å². The number of carbonyl (C=O) groups excluding carboxylic acids is 2. The highest BCUT2D eigenvalue weighted by atomic mass is 32.2. The minimum absolute atomic E-state index is 0.0448. The molecule has 0 bridgehead atoms. The number of furan rings is 1. The van der Waals surface area contributed by atoms with E-state index in [-0.39, 0.29) is 17.0 Å². The summed E-state index contributed by atoms with van der Waals surface area (Å²) < 4.78 is 36.9. The largest absolute Gasteiger partial charge is 0.465 e. The number of aryl methyl sites for hydroxylation is 2. The topological polar surface area (TPSA) is 106 Å². The van der Waals surface area contributed by atoms with Gasteiger partial charge in [0.25, 0.3) is 5.91 Å². The fraction of sp³-hybridized carbons (Fsp3) is 0.400. The molecular weight excluding hydrogens is 396 g/mol. The van der Waals surface area contributed by atoms with E-state index < -0.39 is 21.9 Å². The molecule has 158 valence electrons. The molecule has 1 N–H and O–H groups in total. The van der Waals surface area contributed by atoms with Gasteiger partial charge in [-0.15, -0.1) is 0 Å². The molecule has 0 aliphatic heterocycles. The number of benzene rings is 1.